The summed E-state index contributed by atoms with van der Waals surface area (Å²) in [6, 6.07) is 13.3. The number of carbonyl (C=O) groups is 1. The molecule has 0 aliphatic heterocycles. The Hall–Kier alpha value is -4.53. The van der Waals surface area contributed by atoms with Gasteiger partial charge in [0.15, 0.2) is 0 Å². The third kappa shape index (κ3) is 5.41. The molecule has 3 aromatic rings. The molecule has 1 amide bonds. The Morgan fingerprint density at radius 3 is 2.64 bits per heavy atom. The number of carbonyl (C=O) groups excluding carboxylic acids is 1. The molecule has 0 bridgehead atoms. The molecule has 4 rings (SSSR count). The fourth-order valence-corrected chi connectivity index (χ4v) is 3.87. The number of amides is 1. The van der Waals surface area contributed by atoms with Crippen molar-refractivity contribution in [3.63, 3.8) is 0 Å². The average molecular weight is 487 g/mol. The lowest BCUT2D eigenvalue weighted by molar-refractivity contribution is -0.114. The number of aromatic nitrogens is 2. The summed E-state index contributed by atoms with van der Waals surface area (Å²) in [5, 5.41) is 12.2. The number of nitrogens with two attached hydrogens (primary N) is 1. The van der Waals surface area contributed by atoms with Crippen molar-refractivity contribution in [2.45, 2.75) is 18.4 Å². The number of halogens is 1. The molecule has 1 fully saturated rings. The normalized spacial score (nSPS) is 13.4. The topological polar surface area (TPSA) is 117 Å². The monoisotopic (exact) mass is 486 g/mol. The van der Waals surface area contributed by atoms with E-state index < -0.39 is 11.4 Å². The molecular weight excluding hydrogens is 459 g/mol. The number of nitrogens with one attached hydrogen (secondary N) is 2. The van der Waals surface area contributed by atoms with Crippen molar-refractivity contribution < 1.29 is 13.9 Å². The second-order valence-electron chi connectivity index (χ2n) is 8.50. The number of para-hydroxylation sites is 1. The van der Waals surface area contributed by atoms with Crippen molar-refractivity contribution in [2.75, 3.05) is 29.1 Å². The number of benzene rings is 2. The van der Waals surface area contributed by atoms with Crippen LogP contribution < -0.4 is 20.7 Å². The van der Waals surface area contributed by atoms with Crippen molar-refractivity contribution in [3.05, 3.63) is 97.1 Å². The van der Waals surface area contributed by atoms with Crippen LogP contribution in [0.25, 0.3) is 0 Å². The van der Waals surface area contributed by atoms with E-state index >= 15 is 0 Å². The number of anilines is 3. The summed E-state index contributed by atoms with van der Waals surface area (Å²) in [7, 11) is 0. The van der Waals surface area contributed by atoms with Gasteiger partial charge in [-0.15, -0.1) is 0 Å². The molecule has 1 aromatic heterocycles. The molecule has 36 heavy (non-hydrogen) atoms. The number of rotatable bonds is 11. The van der Waals surface area contributed by atoms with Gasteiger partial charge in [-0.05, 0) is 43.2 Å². The molecule has 1 saturated carbocycles. The van der Waals surface area contributed by atoms with Gasteiger partial charge in [-0.2, -0.15) is 0 Å². The van der Waals surface area contributed by atoms with Gasteiger partial charge in [0.1, 0.15) is 36.1 Å². The van der Waals surface area contributed by atoms with Crippen molar-refractivity contribution in [2.24, 2.45) is 0 Å². The van der Waals surface area contributed by atoms with Crippen molar-refractivity contribution in [3.8, 4) is 5.75 Å². The Morgan fingerprint density at radius 1 is 1.22 bits per heavy atom. The number of hydrogen-bond donors (Lipinski definition) is 3. The number of ether oxygens (including phenoxy) is 1. The first-order chi connectivity index (χ1) is 17.4. The number of nitrogen functional groups attached to an aromatic ring is 1. The molecule has 4 N–H and O–H groups in total. The number of nitrogens with zero attached hydrogens (tertiary/aromatic N) is 3. The van der Waals surface area contributed by atoms with Gasteiger partial charge >= 0.3 is 0 Å². The fourth-order valence-electron chi connectivity index (χ4n) is 3.87. The van der Waals surface area contributed by atoms with E-state index in [9.17, 15) is 9.18 Å². The Kier molecular flexibility index (Phi) is 7.10. The maximum Gasteiger partial charge on any atom is 0.250 e. The molecule has 0 spiro atoms. The number of hydrogen-bond acceptors (Lipinski definition) is 7. The average Bonchev–Trinajstić information content (AvgIpc) is 3.64. The van der Waals surface area contributed by atoms with Crippen molar-refractivity contribution in [1.82, 2.24) is 9.97 Å². The van der Waals surface area contributed by atoms with Crippen LogP contribution in [-0.2, 0) is 4.79 Å². The zero-order valence-electron chi connectivity index (χ0n) is 19.7. The molecule has 9 heteroatoms. The lowest BCUT2D eigenvalue weighted by Gasteiger charge is -2.28. The molecule has 1 aliphatic rings. The Labute approximate surface area is 208 Å². The first-order valence-corrected chi connectivity index (χ1v) is 11.4. The summed E-state index contributed by atoms with van der Waals surface area (Å²) in [6.07, 6.45) is 5.68. The highest BCUT2D eigenvalue weighted by Gasteiger charge is 2.46. The standard InChI is InChI=1S/C27H27FN6O2/c1-3-12-36-21-14-18(13-19(28)15-21)24(29)23-25(30)31-17-32-26(23)33-27(10-11-27)16-34(22(35)4-2)20-8-6-5-7-9-20/h3-9,13-15,17,29H,1-2,10-12,16H2,(H3,30,31,32,33). The van der Waals surface area contributed by atoms with Gasteiger partial charge in [-0.1, -0.05) is 37.4 Å². The zero-order chi connectivity index (χ0) is 25.7. The van der Waals surface area contributed by atoms with Gasteiger partial charge in [0.25, 0.3) is 0 Å². The lowest BCUT2D eigenvalue weighted by atomic mass is 10.0. The molecule has 1 heterocycles. The second kappa shape index (κ2) is 10.4. The van der Waals surface area contributed by atoms with Crippen LogP contribution in [0.4, 0.5) is 21.7 Å². The van der Waals surface area contributed by atoms with Crippen molar-refractivity contribution in [1.29, 1.82) is 5.41 Å². The molecule has 184 valence electrons. The summed E-state index contributed by atoms with van der Waals surface area (Å²) in [6.45, 7) is 7.78. The predicted octanol–water partition coefficient (Wildman–Crippen LogP) is 4.34. The van der Waals surface area contributed by atoms with Gasteiger partial charge < -0.3 is 20.7 Å². The Balaban J connectivity index is 1.64. The predicted molar refractivity (Wildman–Crippen MR) is 139 cm³/mol. The van der Waals surface area contributed by atoms with Crippen LogP contribution in [0.5, 0.6) is 5.75 Å². The van der Waals surface area contributed by atoms with E-state index in [4.69, 9.17) is 15.9 Å². The van der Waals surface area contributed by atoms with E-state index in [1.165, 1.54) is 24.5 Å². The first-order valence-electron chi connectivity index (χ1n) is 11.4. The molecule has 0 saturated heterocycles. The molecule has 0 unspecified atom stereocenters. The van der Waals surface area contributed by atoms with E-state index in [0.717, 1.165) is 18.5 Å². The smallest absolute Gasteiger partial charge is 0.250 e. The summed E-state index contributed by atoms with van der Waals surface area (Å²) in [5.74, 6) is -0.104. The highest BCUT2D eigenvalue weighted by atomic mass is 19.1. The largest absolute Gasteiger partial charge is 0.489 e. The van der Waals surface area contributed by atoms with Gasteiger partial charge in [0, 0.05) is 23.9 Å². The fraction of sp³-hybridized carbons (Fsp3) is 0.185. The highest BCUT2D eigenvalue weighted by Crippen LogP contribution is 2.41. The zero-order valence-corrected chi connectivity index (χ0v) is 19.7. The first kappa shape index (κ1) is 24.6. The summed E-state index contributed by atoms with van der Waals surface area (Å²) >= 11 is 0. The van der Waals surface area contributed by atoms with Gasteiger partial charge in [-0.3, -0.25) is 10.2 Å². The van der Waals surface area contributed by atoms with E-state index in [1.54, 1.807) is 17.0 Å². The van der Waals surface area contributed by atoms with Crippen LogP contribution in [0.3, 0.4) is 0 Å². The van der Waals surface area contributed by atoms with Crippen molar-refractivity contribution >= 4 is 28.9 Å². The molecule has 0 atom stereocenters. The maximum absolute atomic E-state index is 14.3. The van der Waals surface area contributed by atoms with Gasteiger partial charge in [0.2, 0.25) is 5.91 Å². The van der Waals surface area contributed by atoms with Crippen LogP contribution >= 0.6 is 0 Å². The Morgan fingerprint density at radius 2 is 1.97 bits per heavy atom. The third-order valence-electron chi connectivity index (χ3n) is 5.86. The molecule has 8 nitrogen and oxygen atoms in total. The molecule has 2 aromatic carbocycles. The van der Waals surface area contributed by atoms with E-state index in [0.29, 0.717) is 12.4 Å². The minimum Gasteiger partial charge on any atom is -0.489 e. The molecular formula is C27H27FN6O2. The second-order valence-corrected chi connectivity index (χ2v) is 8.50. The summed E-state index contributed by atoms with van der Waals surface area (Å²) < 4.78 is 19.8. The Bertz CT molecular complexity index is 1310. The third-order valence-corrected chi connectivity index (χ3v) is 5.86. The van der Waals surface area contributed by atoms with Crippen LogP contribution in [0.1, 0.15) is 24.0 Å². The minimum absolute atomic E-state index is 0.0589. The van der Waals surface area contributed by atoms with E-state index in [1.807, 2.05) is 30.3 Å². The van der Waals surface area contributed by atoms with Gasteiger partial charge in [-0.25, -0.2) is 14.4 Å². The highest BCUT2D eigenvalue weighted by molar-refractivity contribution is 6.16. The van der Waals surface area contributed by atoms with E-state index in [2.05, 4.69) is 28.4 Å². The molecule has 1 aliphatic carbocycles. The maximum atomic E-state index is 14.3. The van der Waals surface area contributed by atoms with Gasteiger partial charge in [0.05, 0.1) is 16.8 Å². The van der Waals surface area contributed by atoms with Crippen LogP contribution in [0.2, 0.25) is 0 Å². The summed E-state index contributed by atoms with van der Waals surface area (Å²) in [4.78, 5) is 22.7. The van der Waals surface area contributed by atoms with Crippen LogP contribution in [0.15, 0.2) is 80.2 Å². The molecule has 0 radical (unpaired) electrons. The lowest BCUT2D eigenvalue weighted by Crippen LogP contribution is -2.42. The SMILES string of the molecule is C=CCOc1cc(F)cc(C(=N)c2c(N)ncnc2NC2(CN(C(=O)C=C)c3ccccc3)CC2)c1. The van der Waals surface area contributed by atoms with E-state index in [-0.39, 0.29) is 40.9 Å². The van der Waals surface area contributed by atoms with Crippen LogP contribution in [0, 0.1) is 11.2 Å². The minimum atomic E-state index is -0.554. The quantitative estimate of drug-likeness (QED) is 0.211. The summed E-state index contributed by atoms with van der Waals surface area (Å²) in [5.41, 5.74) is 6.88. The van der Waals surface area contributed by atoms with Crippen LogP contribution in [-0.4, -0.2) is 40.3 Å².